The van der Waals surface area contributed by atoms with Crippen molar-refractivity contribution in [2.24, 2.45) is 0 Å². The summed E-state index contributed by atoms with van der Waals surface area (Å²) in [6, 6.07) is 1.48. The zero-order valence-corrected chi connectivity index (χ0v) is 24.9. The van der Waals surface area contributed by atoms with Gasteiger partial charge in [-0.1, -0.05) is 0 Å². The number of nitrogens with two attached hydrogens (primary N) is 2. The number of rotatable bonds is 2. The zero-order chi connectivity index (χ0) is 32.5. The van der Waals surface area contributed by atoms with E-state index in [1.165, 1.54) is 23.2 Å². The minimum atomic E-state index is -5.25. The largest absolute Gasteiger partial charge is 0.472 e. The number of alkyl halides is 2. The molecule has 248 valence electrons. The number of halogens is 2. The molecule has 3 aliphatic heterocycles. The van der Waals surface area contributed by atoms with Gasteiger partial charge in [0.2, 0.25) is 5.95 Å². The molecule has 0 aromatic carbocycles. The van der Waals surface area contributed by atoms with Crippen molar-refractivity contribution >= 4 is 49.4 Å². The molecular weight excluding hydrogens is 666 g/mol. The molecule has 7 heterocycles. The summed E-state index contributed by atoms with van der Waals surface area (Å²) in [5.41, 5.74) is 11.0. The molecule has 3 aliphatic rings. The van der Waals surface area contributed by atoms with Crippen LogP contribution in [0, 0.1) is 0 Å². The fourth-order valence-electron chi connectivity index (χ4n) is 5.39. The van der Waals surface area contributed by atoms with Crippen molar-refractivity contribution in [3.05, 3.63) is 35.3 Å². The first-order chi connectivity index (χ1) is 21.8. The van der Waals surface area contributed by atoms with Gasteiger partial charge in [-0.25, -0.2) is 28.3 Å². The maximum atomic E-state index is 15.9. The number of phosphoric acid groups is 1. The first kappa shape index (κ1) is 31.2. The third-order valence-electron chi connectivity index (χ3n) is 7.49. The highest BCUT2D eigenvalue weighted by atomic mass is 31.2. The number of nitrogen functional groups attached to an aromatic ring is 2. The van der Waals surface area contributed by atoms with Crippen molar-refractivity contribution in [1.82, 2.24) is 34.1 Å². The molecule has 7 N–H and O–H groups in total. The van der Waals surface area contributed by atoms with E-state index < -0.39 is 89.8 Å². The van der Waals surface area contributed by atoms with Crippen LogP contribution in [-0.2, 0) is 36.9 Å². The van der Waals surface area contributed by atoms with E-state index >= 15 is 8.78 Å². The Morgan fingerprint density at radius 2 is 1.70 bits per heavy atom. The lowest BCUT2D eigenvalue weighted by Crippen LogP contribution is -2.35. The molecule has 46 heavy (non-hydrogen) atoms. The lowest BCUT2D eigenvalue weighted by atomic mass is 10.1. The Morgan fingerprint density at radius 1 is 0.957 bits per heavy atom. The number of hydrogen-bond acceptors (Lipinski definition) is 15. The Balaban J connectivity index is 1.20. The molecule has 0 saturated carbocycles. The Kier molecular flexibility index (Phi) is 7.71. The van der Waals surface area contributed by atoms with Crippen LogP contribution in [0.3, 0.4) is 0 Å². The second-order valence-electron chi connectivity index (χ2n) is 10.5. The molecule has 24 heteroatoms. The number of H-pyrrole nitrogens is 1. The normalized spacial score (nSPS) is 37.4. The molecule has 4 unspecified atom stereocenters. The van der Waals surface area contributed by atoms with E-state index in [-0.39, 0.29) is 34.0 Å². The van der Waals surface area contributed by atoms with Crippen molar-refractivity contribution in [1.29, 1.82) is 0 Å². The number of hydrogen-bond donors (Lipinski definition) is 5. The minimum absolute atomic E-state index is 0.122. The number of ether oxygens (including phenoxy) is 3. The maximum Gasteiger partial charge on any atom is 0.472 e. The highest BCUT2D eigenvalue weighted by Gasteiger charge is 2.54. The number of nitrogens with zero attached hydrogens (tertiary/aromatic N) is 6. The molecule has 4 aromatic heterocycles. The van der Waals surface area contributed by atoms with E-state index in [0.717, 1.165) is 10.9 Å². The van der Waals surface area contributed by atoms with Gasteiger partial charge in [0.1, 0.15) is 17.7 Å². The monoisotopic (exact) mass is 691 g/mol. The molecule has 10 atom stereocenters. The van der Waals surface area contributed by atoms with Crippen molar-refractivity contribution in [3.63, 3.8) is 0 Å². The zero-order valence-electron chi connectivity index (χ0n) is 23.1. The van der Waals surface area contributed by atoms with Gasteiger partial charge in [0.05, 0.1) is 37.7 Å². The molecule has 3 saturated heterocycles. The topological polar surface area (TPSA) is 276 Å². The summed E-state index contributed by atoms with van der Waals surface area (Å²) >= 11 is 0. The standard InChI is InChI=1S/C22H25F2N9O11P2/c23-10-14-9(41-19(10)32-6-28-12-8(25)1-2-27-16(12)32)5-40-46(37,38)44-15-11(24)21(39-3-4-45(35,36)43-14)42-20(15)33-7-29-13-17(33)30-22(26)31-18(13)34/h1-2,6-7,9-11,14-15,19-21H,3-5H2,(H2,25,27)(H,35,36)(H,37,38)(H3,26,30,31,34)/t9-,10+,11?,14?,15+,19-,20-,21+/m1/s1. The van der Waals surface area contributed by atoms with Gasteiger partial charge in [0.25, 0.3) is 5.56 Å². The van der Waals surface area contributed by atoms with E-state index in [0.29, 0.717) is 0 Å². The molecule has 4 aromatic rings. The smallest absolute Gasteiger partial charge is 0.397 e. The van der Waals surface area contributed by atoms with Gasteiger partial charge in [-0.2, -0.15) is 4.98 Å². The summed E-state index contributed by atoms with van der Waals surface area (Å²) in [6.07, 6.45) is -12.0. The maximum absolute atomic E-state index is 15.9. The van der Waals surface area contributed by atoms with Gasteiger partial charge in [0.15, 0.2) is 54.0 Å². The minimum Gasteiger partial charge on any atom is -0.397 e. The third kappa shape index (κ3) is 5.49. The molecule has 2 bridgehead atoms. The van der Waals surface area contributed by atoms with Gasteiger partial charge >= 0.3 is 15.4 Å². The molecule has 20 nitrogen and oxygen atoms in total. The first-order valence-corrected chi connectivity index (χ1v) is 16.7. The fraction of sp³-hybridized carbons (Fsp3) is 0.500. The summed E-state index contributed by atoms with van der Waals surface area (Å²) in [7, 11) is -9.94. The van der Waals surface area contributed by atoms with Gasteiger partial charge in [-0.15, -0.1) is 0 Å². The van der Waals surface area contributed by atoms with Crippen LogP contribution in [0.1, 0.15) is 12.5 Å². The molecular formula is C22H25F2N9O11P2. The van der Waals surface area contributed by atoms with E-state index in [1.807, 2.05) is 0 Å². The summed E-state index contributed by atoms with van der Waals surface area (Å²) < 4.78 is 92.3. The predicted molar refractivity (Wildman–Crippen MR) is 148 cm³/mol. The number of fused-ring (bicyclic) bond motifs is 5. The van der Waals surface area contributed by atoms with Crippen molar-refractivity contribution < 1.29 is 55.5 Å². The van der Waals surface area contributed by atoms with Gasteiger partial charge < -0.3 is 35.5 Å². The van der Waals surface area contributed by atoms with Crippen molar-refractivity contribution in [2.75, 3.05) is 30.8 Å². The van der Waals surface area contributed by atoms with Crippen LogP contribution >= 0.6 is 15.4 Å². The van der Waals surface area contributed by atoms with Crippen LogP contribution in [0.15, 0.2) is 29.7 Å². The predicted octanol–water partition coefficient (Wildman–Crippen LogP) is 0.260. The van der Waals surface area contributed by atoms with Crippen LogP contribution in [-0.4, -0.2) is 100 Å². The Labute approximate surface area is 254 Å². The SMILES string of the molecule is Nc1nc2c(ncn2[C@@H]2O[C@@H]3OCCP(=O)(O)OC4[C@@H](COP(=O)(O)O[C@H]2C3F)O[C@@H](n2cnc3c(N)ccnc32)[C@H]4F)c(=O)[nH]1. The number of aromatic amines is 1. The number of aromatic nitrogens is 7. The number of pyridine rings is 1. The molecule has 0 aliphatic carbocycles. The van der Waals surface area contributed by atoms with Crippen LogP contribution < -0.4 is 17.0 Å². The van der Waals surface area contributed by atoms with Crippen molar-refractivity contribution in [2.45, 2.75) is 49.4 Å². The van der Waals surface area contributed by atoms with Crippen molar-refractivity contribution in [3.8, 4) is 0 Å². The lowest BCUT2D eigenvalue weighted by Gasteiger charge is -2.26. The summed E-state index contributed by atoms with van der Waals surface area (Å²) in [5, 5.41) is 0. The second kappa shape index (κ2) is 11.4. The van der Waals surface area contributed by atoms with E-state index in [1.54, 1.807) is 0 Å². The van der Waals surface area contributed by atoms with Crippen LogP contribution in [0.2, 0.25) is 0 Å². The first-order valence-electron chi connectivity index (χ1n) is 13.5. The Morgan fingerprint density at radius 3 is 2.48 bits per heavy atom. The molecule has 3 fully saturated rings. The van der Waals surface area contributed by atoms with E-state index in [2.05, 4.69) is 24.9 Å². The Hall–Kier alpha value is -3.43. The quantitative estimate of drug-likeness (QED) is 0.176. The van der Waals surface area contributed by atoms with Crippen LogP contribution in [0.5, 0.6) is 0 Å². The Bertz CT molecular complexity index is 1960. The molecule has 0 spiro atoms. The fourth-order valence-corrected chi connectivity index (χ4v) is 7.39. The van der Waals surface area contributed by atoms with Crippen LogP contribution in [0.25, 0.3) is 22.3 Å². The molecule has 0 radical (unpaired) electrons. The molecule has 0 amide bonds. The van der Waals surface area contributed by atoms with E-state index in [9.17, 15) is 23.7 Å². The molecule has 7 rings (SSSR count). The van der Waals surface area contributed by atoms with Gasteiger partial charge in [0, 0.05) is 6.20 Å². The average Bonchev–Trinajstić information content (AvgIpc) is 3.74. The number of anilines is 2. The second-order valence-corrected chi connectivity index (χ2v) is 13.8. The number of nitrogens with one attached hydrogen (secondary N) is 1. The van der Waals surface area contributed by atoms with Crippen LogP contribution in [0.4, 0.5) is 20.4 Å². The highest BCUT2D eigenvalue weighted by Crippen LogP contribution is 2.53. The number of imidazole rings is 2. The van der Waals surface area contributed by atoms with Gasteiger partial charge in [-0.3, -0.25) is 37.0 Å². The summed E-state index contributed by atoms with van der Waals surface area (Å²) in [5.74, 6) is -0.314. The lowest BCUT2D eigenvalue weighted by molar-refractivity contribution is -0.163. The summed E-state index contributed by atoms with van der Waals surface area (Å²) in [4.78, 5) is 51.9. The van der Waals surface area contributed by atoms with E-state index in [4.69, 9.17) is 39.2 Å². The third-order valence-corrected chi connectivity index (χ3v) is 9.79. The van der Waals surface area contributed by atoms with Gasteiger partial charge in [-0.05, 0) is 6.07 Å². The highest BCUT2D eigenvalue weighted by molar-refractivity contribution is 7.52. The number of phosphoric ester groups is 1. The average molecular weight is 691 g/mol. The summed E-state index contributed by atoms with van der Waals surface area (Å²) in [6.45, 7) is -1.57.